The van der Waals surface area contributed by atoms with Gasteiger partial charge in [0.25, 0.3) is 0 Å². The summed E-state index contributed by atoms with van der Waals surface area (Å²) in [5.41, 5.74) is 0.378. The van der Waals surface area contributed by atoms with E-state index in [4.69, 9.17) is 11.2 Å². The van der Waals surface area contributed by atoms with Crippen LogP contribution in [0.5, 0.6) is 11.5 Å². The molecule has 0 heterocycles. The number of methoxy groups -OCH3 is 1. The molecule has 1 amide bonds. The quantitative estimate of drug-likeness (QED) is 0.436. The van der Waals surface area contributed by atoms with E-state index < -0.39 is 11.9 Å². The fraction of sp³-hybridized carbons (Fsp3) is 0.294. The third-order valence-corrected chi connectivity index (χ3v) is 2.97. The van der Waals surface area contributed by atoms with E-state index in [0.717, 1.165) is 0 Å². The first-order valence-corrected chi connectivity index (χ1v) is 6.89. The molecule has 0 aliphatic rings. The van der Waals surface area contributed by atoms with Crippen molar-refractivity contribution in [3.8, 4) is 23.8 Å². The van der Waals surface area contributed by atoms with Crippen molar-refractivity contribution in [2.75, 3.05) is 19.0 Å². The SMILES string of the molecule is C#CCOc1ccc(NC(=O)CC(CC=C)C(=O)OC)cc1O. The Labute approximate surface area is 135 Å². The van der Waals surface area contributed by atoms with Gasteiger partial charge < -0.3 is 19.9 Å². The van der Waals surface area contributed by atoms with Gasteiger partial charge in [0.15, 0.2) is 11.5 Å². The van der Waals surface area contributed by atoms with Crippen molar-refractivity contribution in [1.82, 2.24) is 0 Å². The molecule has 0 aromatic heterocycles. The van der Waals surface area contributed by atoms with E-state index in [-0.39, 0.29) is 30.4 Å². The third-order valence-electron chi connectivity index (χ3n) is 2.97. The molecule has 6 nitrogen and oxygen atoms in total. The fourth-order valence-corrected chi connectivity index (χ4v) is 1.90. The van der Waals surface area contributed by atoms with Crippen LogP contribution in [0, 0.1) is 18.3 Å². The molecule has 0 radical (unpaired) electrons. The van der Waals surface area contributed by atoms with Crippen LogP contribution in [0.4, 0.5) is 5.69 Å². The van der Waals surface area contributed by atoms with E-state index in [1.807, 2.05) is 0 Å². The van der Waals surface area contributed by atoms with Gasteiger partial charge in [0, 0.05) is 18.2 Å². The van der Waals surface area contributed by atoms with Gasteiger partial charge in [-0.3, -0.25) is 9.59 Å². The molecule has 122 valence electrons. The molecule has 1 unspecified atom stereocenters. The molecular formula is C17H19NO5. The number of esters is 1. The monoisotopic (exact) mass is 317 g/mol. The summed E-state index contributed by atoms with van der Waals surface area (Å²) in [5.74, 6) is 0.922. The lowest BCUT2D eigenvalue weighted by molar-refractivity contribution is -0.146. The van der Waals surface area contributed by atoms with Crippen molar-refractivity contribution in [3.05, 3.63) is 30.9 Å². The maximum Gasteiger partial charge on any atom is 0.309 e. The number of nitrogens with one attached hydrogen (secondary N) is 1. The summed E-state index contributed by atoms with van der Waals surface area (Å²) in [6.45, 7) is 3.58. The van der Waals surface area contributed by atoms with Crippen LogP contribution in [-0.2, 0) is 14.3 Å². The van der Waals surface area contributed by atoms with Crippen LogP contribution in [0.3, 0.4) is 0 Å². The van der Waals surface area contributed by atoms with E-state index in [1.165, 1.54) is 19.2 Å². The van der Waals surface area contributed by atoms with Crippen molar-refractivity contribution in [1.29, 1.82) is 0 Å². The number of phenols is 1. The molecule has 1 rings (SSSR count). The van der Waals surface area contributed by atoms with Gasteiger partial charge in [-0.2, -0.15) is 0 Å². The minimum Gasteiger partial charge on any atom is -0.504 e. The Morgan fingerprint density at radius 3 is 2.83 bits per heavy atom. The fourth-order valence-electron chi connectivity index (χ4n) is 1.90. The number of hydrogen-bond acceptors (Lipinski definition) is 5. The second-order valence-electron chi connectivity index (χ2n) is 4.67. The highest BCUT2D eigenvalue weighted by Crippen LogP contribution is 2.29. The van der Waals surface area contributed by atoms with Crippen molar-refractivity contribution in [2.24, 2.45) is 5.92 Å². The number of phenolic OH excluding ortho intramolecular Hbond substituents is 1. The number of rotatable bonds is 8. The molecule has 23 heavy (non-hydrogen) atoms. The van der Waals surface area contributed by atoms with E-state index in [1.54, 1.807) is 12.1 Å². The van der Waals surface area contributed by atoms with Gasteiger partial charge in [0.1, 0.15) is 6.61 Å². The van der Waals surface area contributed by atoms with Crippen molar-refractivity contribution in [2.45, 2.75) is 12.8 Å². The van der Waals surface area contributed by atoms with Gasteiger partial charge in [0.05, 0.1) is 13.0 Å². The van der Waals surface area contributed by atoms with Gasteiger partial charge in [0.2, 0.25) is 5.91 Å². The molecule has 0 aliphatic heterocycles. The highest BCUT2D eigenvalue weighted by Gasteiger charge is 2.21. The summed E-state index contributed by atoms with van der Waals surface area (Å²) in [5, 5.41) is 12.4. The average Bonchev–Trinajstić information content (AvgIpc) is 2.53. The van der Waals surface area contributed by atoms with E-state index in [0.29, 0.717) is 12.1 Å². The van der Waals surface area contributed by atoms with Gasteiger partial charge in [-0.15, -0.1) is 13.0 Å². The topological polar surface area (TPSA) is 84.9 Å². The second-order valence-corrected chi connectivity index (χ2v) is 4.67. The molecule has 0 saturated heterocycles. The van der Waals surface area contributed by atoms with Crippen molar-refractivity contribution >= 4 is 17.6 Å². The number of ether oxygens (including phenoxy) is 2. The summed E-state index contributed by atoms with van der Waals surface area (Å²) >= 11 is 0. The highest BCUT2D eigenvalue weighted by molar-refractivity contribution is 5.93. The Bertz CT molecular complexity index is 618. The number of carbonyl (C=O) groups is 2. The second kappa shape index (κ2) is 9.15. The van der Waals surface area contributed by atoms with Gasteiger partial charge in [-0.25, -0.2) is 0 Å². The first-order valence-electron chi connectivity index (χ1n) is 6.89. The van der Waals surface area contributed by atoms with Crippen LogP contribution in [0.1, 0.15) is 12.8 Å². The predicted molar refractivity (Wildman–Crippen MR) is 86.0 cm³/mol. The maximum atomic E-state index is 12.0. The van der Waals surface area contributed by atoms with Crippen LogP contribution < -0.4 is 10.1 Å². The number of terminal acetylenes is 1. The van der Waals surface area contributed by atoms with Gasteiger partial charge >= 0.3 is 5.97 Å². The van der Waals surface area contributed by atoms with Crippen LogP contribution in [0.2, 0.25) is 0 Å². The lowest BCUT2D eigenvalue weighted by Gasteiger charge is -2.13. The van der Waals surface area contributed by atoms with E-state index in [9.17, 15) is 14.7 Å². The van der Waals surface area contributed by atoms with Crippen LogP contribution in [0.25, 0.3) is 0 Å². The van der Waals surface area contributed by atoms with Crippen LogP contribution in [-0.4, -0.2) is 30.7 Å². The average molecular weight is 317 g/mol. The summed E-state index contributed by atoms with van der Waals surface area (Å²) in [6.07, 6.45) is 6.92. The molecule has 0 fully saturated rings. The number of allylic oxidation sites excluding steroid dienone is 1. The largest absolute Gasteiger partial charge is 0.504 e. The first-order chi connectivity index (χ1) is 11.0. The summed E-state index contributed by atoms with van der Waals surface area (Å²) in [7, 11) is 1.27. The zero-order chi connectivity index (χ0) is 17.2. The zero-order valence-electron chi connectivity index (χ0n) is 12.9. The summed E-state index contributed by atoms with van der Waals surface area (Å²) in [4.78, 5) is 23.6. The number of anilines is 1. The molecule has 6 heteroatoms. The molecule has 0 bridgehead atoms. The normalized spacial score (nSPS) is 11.0. The highest BCUT2D eigenvalue weighted by atomic mass is 16.5. The molecule has 1 aromatic carbocycles. The maximum absolute atomic E-state index is 12.0. The van der Waals surface area contributed by atoms with Crippen molar-refractivity contribution < 1.29 is 24.2 Å². The summed E-state index contributed by atoms with van der Waals surface area (Å²) < 4.78 is 9.77. The number of benzene rings is 1. The Kier molecular flexibility index (Phi) is 7.21. The number of amides is 1. The summed E-state index contributed by atoms with van der Waals surface area (Å²) in [6, 6.07) is 4.39. The van der Waals surface area contributed by atoms with Crippen molar-refractivity contribution in [3.63, 3.8) is 0 Å². The minimum absolute atomic E-state index is 0.0294. The Hall–Kier alpha value is -2.94. The smallest absolute Gasteiger partial charge is 0.309 e. The Morgan fingerprint density at radius 1 is 1.52 bits per heavy atom. The van der Waals surface area contributed by atoms with Crippen LogP contribution in [0.15, 0.2) is 30.9 Å². The standard InChI is InChI=1S/C17H19NO5/c1-4-6-12(17(21)22-3)10-16(20)18-13-7-8-15(14(19)11-13)23-9-5-2/h2,4,7-8,11-12,19H,1,6,9-10H2,3H3,(H,18,20). The molecule has 0 spiro atoms. The third kappa shape index (κ3) is 5.75. The van der Waals surface area contributed by atoms with Gasteiger partial charge in [-0.05, 0) is 18.6 Å². The van der Waals surface area contributed by atoms with Crippen LogP contribution >= 0.6 is 0 Å². The predicted octanol–water partition coefficient (Wildman–Crippen LogP) is 2.10. The van der Waals surface area contributed by atoms with E-state index >= 15 is 0 Å². The molecule has 1 aromatic rings. The number of aromatic hydroxyl groups is 1. The lowest BCUT2D eigenvalue weighted by atomic mass is 10.0. The van der Waals surface area contributed by atoms with E-state index in [2.05, 4.69) is 22.6 Å². The lowest BCUT2D eigenvalue weighted by Crippen LogP contribution is -2.23. The Balaban J connectivity index is 2.69. The Morgan fingerprint density at radius 2 is 2.26 bits per heavy atom. The van der Waals surface area contributed by atoms with Gasteiger partial charge in [-0.1, -0.05) is 12.0 Å². The molecular weight excluding hydrogens is 298 g/mol. The molecule has 0 aliphatic carbocycles. The number of carbonyl (C=O) groups excluding carboxylic acids is 2. The number of hydrogen-bond donors (Lipinski definition) is 2. The molecule has 2 N–H and O–H groups in total. The zero-order valence-corrected chi connectivity index (χ0v) is 12.9. The molecule has 0 saturated carbocycles. The molecule has 1 atom stereocenters. The first kappa shape index (κ1) is 18.1. The minimum atomic E-state index is -0.593.